The molecule has 1 atom stereocenters. The molecule has 0 aromatic rings. The van der Waals surface area contributed by atoms with Gasteiger partial charge in [0.05, 0.1) is 5.57 Å². The van der Waals surface area contributed by atoms with Crippen molar-refractivity contribution in [3.8, 4) is 0 Å². The fourth-order valence-electron chi connectivity index (χ4n) is 1.02. The minimum absolute atomic E-state index is 0.549. The van der Waals surface area contributed by atoms with Gasteiger partial charge in [-0.25, -0.2) is 0 Å². The summed E-state index contributed by atoms with van der Waals surface area (Å²) in [6.07, 6.45) is 0.201. The molecule has 0 nitrogen and oxygen atoms in total. The third-order valence-electron chi connectivity index (χ3n) is 1.60. The summed E-state index contributed by atoms with van der Waals surface area (Å²) in [4.78, 5) is 0. The van der Waals surface area contributed by atoms with Crippen molar-refractivity contribution in [2.75, 3.05) is 0 Å². The molecule has 1 rings (SSSR count). The van der Waals surface area contributed by atoms with Crippen molar-refractivity contribution in [1.29, 1.82) is 0 Å². The molecule has 12 heavy (non-hydrogen) atoms. The van der Waals surface area contributed by atoms with Crippen molar-refractivity contribution in [2.24, 2.45) is 0 Å². The molecule has 0 saturated heterocycles. The highest BCUT2D eigenvalue weighted by atomic mass is 79.9. The smallest absolute Gasteiger partial charge is 0.166 e. The average molecular weight is 241 g/mol. The highest BCUT2D eigenvalue weighted by molar-refractivity contribution is 9.10. The van der Waals surface area contributed by atoms with Crippen LogP contribution in [-0.4, -0.2) is 10.5 Å². The molecular formula is C8H8BrF3. The Labute approximate surface area is 77.3 Å². The summed E-state index contributed by atoms with van der Waals surface area (Å²) in [6, 6.07) is 0. The Morgan fingerprint density at radius 3 is 2.42 bits per heavy atom. The van der Waals surface area contributed by atoms with E-state index in [1.54, 1.807) is 6.92 Å². The van der Waals surface area contributed by atoms with E-state index in [0.29, 0.717) is 6.42 Å². The van der Waals surface area contributed by atoms with Gasteiger partial charge in [0, 0.05) is 4.32 Å². The van der Waals surface area contributed by atoms with Crippen LogP contribution >= 0.6 is 15.9 Å². The number of alkyl halides is 4. The lowest BCUT2D eigenvalue weighted by molar-refractivity contribution is -0.0887. The van der Waals surface area contributed by atoms with Gasteiger partial charge >= 0.3 is 6.18 Å². The van der Waals surface area contributed by atoms with Crippen LogP contribution in [-0.2, 0) is 0 Å². The fraction of sp³-hybridized carbons (Fsp3) is 0.500. The van der Waals surface area contributed by atoms with Crippen molar-refractivity contribution in [3.63, 3.8) is 0 Å². The Bertz CT molecular complexity index is 232. The fourth-order valence-corrected chi connectivity index (χ4v) is 1.46. The predicted octanol–water partition coefficient (Wildman–Crippen LogP) is 3.59. The van der Waals surface area contributed by atoms with Gasteiger partial charge in [-0.05, 0) is 13.3 Å². The van der Waals surface area contributed by atoms with Crippen molar-refractivity contribution in [2.45, 2.75) is 23.8 Å². The molecular weight excluding hydrogens is 233 g/mol. The standard InChI is InChI=1S/C8H8BrF3/c1-7(9)4-2-3-6(5-7)8(10,11)12/h2-3,5H,4H2,1H3. The molecule has 0 aliphatic heterocycles. The summed E-state index contributed by atoms with van der Waals surface area (Å²) in [5.41, 5.74) is -0.576. The van der Waals surface area contributed by atoms with Crippen LogP contribution in [0, 0.1) is 0 Å². The van der Waals surface area contributed by atoms with Crippen molar-refractivity contribution in [3.05, 3.63) is 23.8 Å². The van der Waals surface area contributed by atoms with Crippen LogP contribution in [0.3, 0.4) is 0 Å². The van der Waals surface area contributed by atoms with Gasteiger partial charge in [0.25, 0.3) is 0 Å². The van der Waals surface area contributed by atoms with Crippen LogP contribution in [0.1, 0.15) is 13.3 Å². The summed E-state index contributed by atoms with van der Waals surface area (Å²) in [6.45, 7) is 1.71. The number of hydrogen-bond acceptors (Lipinski definition) is 0. The molecule has 0 saturated carbocycles. The first-order valence-electron chi connectivity index (χ1n) is 3.47. The molecule has 0 bridgehead atoms. The first-order valence-corrected chi connectivity index (χ1v) is 4.26. The van der Waals surface area contributed by atoms with Crippen LogP contribution in [0.25, 0.3) is 0 Å². The van der Waals surface area contributed by atoms with Gasteiger partial charge in [-0.1, -0.05) is 34.2 Å². The summed E-state index contributed by atoms with van der Waals surface area (Å²) in [5.74, 6) is 0. The lowest BCUT2D eigenvalue weighted by Crippen LogP contribution is -2.20. The van der Waals surface area contributed by atoms with Gasteiger partial charge in [-0.3, -0.25) is 0 Å². The lowest BCUT2D eigenvalue weighted by atomic mass is 9.97. The number of rotatable bonds is 0. The van der Waals surface area contributed by atoms with E-state index in [0.717, 1.165) is 6.08 Å². The molecule has 68 valence electrons. The van der Waals surface area contributed by atoms with E-state index < -0.39 is 16.1 Å². The summed E-state index contributed by atoms with van der Waals surface area (Å²) in [7, 11) is 0. The second kappa shape index (κ2) is 2.91. The van der Waals surface area contributed by atoms with Crippen molar-refractivity contribution in [1.82, 2.24) is 0 Å². The zero-order chi connectivity index (χ0) is 9.41. The lowest BCUT2D eigenvalue weighted by Gasteiger charge is -2.22. The highest BCUT2D eigenvalue weighted by Gasteiger charge is 2.35. The van der Waals surface area contributed by atoms with E-state index in [4.69, 9.17) is 0 Å². The predicted molar refractivity (Wildman–Crippen MR) is 45.2 cm³/mol. The molecule has 0 spiro atoms. The Morgan fingerprint density at radius 2 is 2.08 bits per heavy atom. The summed E-state index contributed by atoms with van der Waals surface area (Å²) >= 11 is 3.20. The van der Waals surface area contributed by atoms with Crippen molar-refractivity contribution < 1.29 is 13.2 Å². The molecule has 0 heterocycles. The molecule has 1 unspecified atom stereocenters. The van der Waals surface area contributed by atoms with Gasteiger partial charge in [0.1, 0.15) is 0 Å². The van der Waals surface area contributed by atoms with E-state index in [-0.39, 0.29) is 0 Å². The van der Waals surface area contributed by atoms with Gasteiger partial charge in [0.15, 0.2) is 0 Å². The molecule has 0 fully saturated rings. The summed E-state index contributed by atoms with van der Waals surface area (Å²) < 4.78 is 35.9. The van der Waals surface area contributed by atoms with E-state index >= 15 is 0 Å². The second-order valence-corrected chi connectivity index (χ2v) is 4.79. The maximum absolute atomic E-state index is 12.1. The van der Waals surface area contributed by atoms with Gasteiger partial charge in [0.2, 0.25) is 0 Å². The molecule has 0 aromatic carbocycles. The van der Waals surface area contributed by atoms with Crippen LogP contribution in [0.15, 0.2) is 23.8 Å². The zero-order valence-electron chi connectivity index (χ0n) is 6.45. The zero-order valence-corrected chi connectivity index (χ0v) is 8.04. The van der Waals surface area contributed by atoms with E-state index in [2.05, 4.69) is 15.9 Å². The van der Waals surface area contributed by atoms with E-state index in [1.807, 2.05) is 0 Å². The number of halogens is 4. The molecule has 0 aromatic heterocycles. The number of hydrogen-bond donors (Lipinski definition) is 0. The van der Waals surface area contributed by atoms with Gasteiger partial charge in [-0.2, -0.15) is 13.2 Å². The van der Waals surface area contributed by atoms with Crippen LogP contribution < -0.4 is 0 Å². The topological polar surface area (TPSA) is 0 Å². The normalized spacial score (nSPS) is 30.2. The second-order valence-electron chi connectivity index (χ2n) is 2.98. The van der Waals surface area contributed by atoms with Crippen molar-refractivity contribution >= 4 is 15.9 Å². The average Bonchev–Trinajstić information content (AvgIpc) is 1.83. The SMILES string of the molecule is CC1(Br)C=C(C(F)(F)F)C=CC1. The third-order valence-corrected chi connectivity index (χ3v) is 2.15. The largest absolute Gasteiger partial charge is 0.416 e. The Morgan fingerprint density at radius 1 is 1.50 bits per heavy atom. The molecule has 1 aliphatic rings. The highest BCUT2D eigenvalue weighted by Crippen LogP contribution is 2.36. The molecule has 0 N–H and O–H groups in total. The minimum Gasteiger partial charge on any atom is -0.166 e. The third kappa shape index (κ3) is 2.37. The van der Waals surface area contributed by atoms with E-state index in [1.165, 1.54) is 12.2 Å². The minimum atomic E-state index is -4.23. The molecule has 0 radical (unpaired) electrons. The van der Waals surface area contributed by atoms with E-state index in [9.17, 15) is 13.2 Å². The Balaban J connectivity index is 2.92. The van der Waals surface area contributed by atoms with Gasteiger partial charge < -0.3 is 0 Å². The summed E-state index contributed by atoms with van der Waals surface area (Å²) in [5, 5.41) is 0. The Kier molecular flexibility index (Phi) is 2.38. The van der Waals surface area contributed by atoms with Crippen LogP contribution in [0.2, 0.25) is 0 Å². The maximum Gasteiger partial charge on any atom is 0.416 e. The Hall–Kier alpha value is -0.250. The van der Waals surface area contributed by atoms with Crippen LogP contribution in [0.4, 0.5) is 13.2 Å². The number of allylic oxidation sites excluding steroid dienone is 4. The maximum atomic E-state index is 12.1. The van der Waals surface area contributed by atoms with Crippen LogP contribution in [0.5, 0.6) is 0 Å². The first kappa shape index (κ1) is 9.84. The van der Waals surface area contributed by atoms with Gasteiger partial charge in [-0.15, -0.1) is 0 Å². The monoisotopic (exact) mass is 240 g/mol. The molecule has 1 aliphatic carbocycles. The molecule has 4 heteroatoms. The quantitative estimate of drug-likeness (QED) is 0.568. The molecule has 0 amide bonds. The first-order chi connectivity index (χ1) is 5.31.